The van der Waals surface area contributed by atoms with E-state index in [2.05, 4.69) is 30.3 Å². The summed E-state index contributed by atoms with van der Waals surface area (Å²) in [4.78, 5) is 0. The van der Waals surface area contributed by atoms with Crippen molar-refractivity contribution in [1.29, 1.82) is 0 Å². The molecule has 0 amide bonds. The number of rotatable bonds is 2. The van der Waals surface area contributed by atoms with Gasteiger partial charge in [0.2, 0.25) is 0 Å². The van der Waals surface area contributed by atoms with Crippen molar-refractivity contribution in [3.8, 4) is 23.7 Å². The van der Waals surface area contributed by atoms with Gasteiger partial charge in [-0.2, -0.15) is 0 Å². The molecule has 1 heterocycles. The Morgan fingerprint density at radius 2 is 2.31 bits per heavy atom. The fraction of sp³-hybridized carbons (Fsp3) is 0.455. The molecule has 1 fully saturated rings. The summed E-state index contributed by atoms with van der Waals surface area (Å²) < 4.78 is 5.15. The fourth-order valence-corrected chi connectivity index (χ4v) is 0.809. The summed E-state index contributed by atoms with van der Waals surface area (Å²) in [6.45, 7) is 5.40. The summed E-state index contributed by atoms with van der Waals surface area (Å²) in [5.74, 6) is 10.6. The third-order valence-electron chi connectivity index (χ3n) is 1.73. The minimum Gasteiger partial charge on any atom is -0.377 e. The largest absolute Gasteiger partial charge is 0.377 e. The summed E-state index contributed by atoms with van der Waals surface area (Å²) >= 11 is 0. The van der Waals surface area contributed by atoms with Crippen LogP contribution >= 0.6 is 0 Å². The first-order chi connectivity index (χ1) is 6.24. The highest BCUT2D eigenvalue weighted by Gasteiger charge is 2.32. The van der Waals surface area contributed by atoms with Crippen LogP contribution in [0.3, 0.4) is 0 Å². The van der Waals surface area contributed by atoms with E-state index in [-0.39, 0.29) is 0 Å². The molecular weight excluding hydrogens is 164 g/mol. The van der Waals surface area contributed by atoms with Crippen LogP contribution in [0.1, 0.15) is 13.3 Å². The first-order valence-electron chi connectivity index (χ1n) is 4.18. The third kappa shape index (κ3) is 3.80. The number of hydrogen-bond acceptors (Lipinski definition) is 2. The topological polar surface area (TPSA) is 32.8 Å². The fourth-order valence-electron chi connectivity index (χ4n) is 0.809. The molecule has 0 aromatic carbocycles. The lowest BCUT2D eigenvalue weighted by Gasteiger charge is -1.86. The van der Waals surface area contributed by atoms with Crippen molar-refractivity contribution in [2.75, 3.05) is 0 Å². The molecular formula is C11H12O2. The maximum Gasteiger partial charge on any atom is 0.134 e. The molecule has 1 aliphatic rings. The van der Waals surface area contributed by atoms with Gasteiger partial charge in [-0.3, -0.25) is 0 Å². The van der Waals surface area contributed by atoms with Crippen LogP contribution in [-0.4, -0.2) is 23.4 Å². The number of aliphatic hydroxyl groups excluding tert-OH is 1. The van der Waals surface area contributed by atoms with Gasteiger partial charge in [-0.15, -0.1) is 0 Å². The standard InChI is InChI=1S/C11H12O2/c1-3-10(12)7-5-4-6-8-11-9(2)13-11/h3,9-12H,1,8H2,2H3. The Hall–Kier alpha value is -1.22. The second-order valence-corrected chi connectivity index (χ2v) is 2.84. The molecule has 0 aromatic heterocycles. The van der Waals surface area contributed by atoms with Crippen LogP contribution in [0.15, 0.2) is 12.7 Å². The van der Waals surface area contributed by atoms with E-state index in [1.165, 1.54) is 6.08 Å². The van der Waals surface area contributed by atoms with Gasteiger partial charge in [-0.1, -0.05) is 24.5 Å². The predicted molar refractivity (Wildman–Crippen MR) is 50.7 cm³/mol. The van der Waals surface area contributed by atoms with Crippen LogP contribution in [-0.2, 0) is 4.74 Å². The maximum atomic E-state index is 8.94. The summed E-state index contributed by atoms with van der Waals surface area (Å²) in [5, 5.41) is 8.94. The van der Waals surface area contributed by atoms with Crippen LogP contribution < -0.4 is 0 Å². The molecule has 0 radical (unpaired) electrons. The van der Waals surface area contributed by atoms with Gasteiger partial charge in [0, 0.05) is 6.42 Å². The minimum absolute atomic E-state index is 0.290. The van der Waals surface area contributed by atoms with E-state index in [4.69, 9.17) is 9.84 Å². The second-order valence-electron chi connectivity index (χ2n) is 2.84. The van der Waals surface area contributed by atoms with Gasteiger partial charge in [-0.25, -0.2) is 0 Å². The van der Waals surface area contributed by atoms with E-state index in [1.54, 1.807) is 0 Å². The third-order valence-corrected chi connectivity index (χ3v) is 1.73. The zero-order valence-corrected chi connectivity index (χ0v) is 7.58. The molecule has 0 saturated carbocycles. The van der Waals surface area contributed by atoms with E-state index >= 15 is 0 Å². The SMILES string of the molecule is C=CC(O)C#CC#CCC1OC1C. The Labute approximate surface area is 78.6 Å². The van der Waals surface area contributed by atoms with Gasteiger partial charge in [0.05, 0.1) is 12.2 Å². The molecule has 2 heteroatoms. The van der Waals surface area contributed by atoms with Crippen molar-refractivity contribution in [2.45, 2.75) is 31.7 Å². The number of epoxide rings is 1. The molecule has 1 N–H and O–H groups in total. The van der Waals surface area contributed by atoms with Crippen molar-refractivity contribution < 1.29 is 9.84 Å². The van der Waals surface area contributed by atoms with Gasteiger partial charge < -0.3 is 9.84 Å². The van der Waals surface area contributed by atoms with Crippen molar-refractivity contribution >= 4 is 0 Å². The normalized spacial score (nSPS) is 26.0. The molecule has 0 aliphatic carbocycles. The second kappa shape index (κ2) is 4.72. The molecule has 68 valence electrons. The Bertz CT molecular complexity index is 298. The molecule has 3 unspecified atom stereocenters. The van der Waals surface area contributed by atoms with Crippen molar-refractivity contribution in [2.24, 2.45) is 0 Å². The van der Waals surface area contributed by atoms with Gasteiger partial charge in [0.25, 0.3) is 0 Å². The monoisotopic (exact) mass is 176 g/mol. The molecule has 2 nitrogen and oxygen atoms in total. The van der Waals surface area contributed by atoms with Gasteiger partial charge >= 0.3 is 0 Å². The lowest BCUT2D eigenvalue weighted by atomic mass is 10.2. The van der Waals surface area contributed by atoms with E-state index in [9.17, 15) is 0 Å². The average molecular weight is 176 g/mol. The Balaban J connectivity index is 2.22. The Kier molecular flexibility index (Phi) is 3.58. The molecule has 0 aromatic rings. The summed E-state index contributed by atoms with van der Waals surface area (Å²) in [7, 11) is 0. The molecule has 3 atom stereocenters. The minimum atomic E-state index is -0.773. The Morgan fingerprint density at radius 3 is 2.85 bits per heavy atom. The lowest BCUT2D eigenvalue weighted by Crippen LogP contribution is -1.94. The first kappa shape index (κ1) is 9.86. The highest BCUT2D eigenvalue weighted by molar-refractivity contribution is 5.29. The molecule has 1 aliphatic heterocycles. The smallest absolute Gasteiger partial charge is 0.134 e. The zero-order valence-electron chi connectivity index (χ0n) is 7.58. The highest BCUT2D eigenvalue weighted by atomic mass is 16.6. The Morgan fingerprint density at radius 1 is 1.62 bits per heavy atom. The average Bonchev–Trinajstić information content (AvgIpc) is 2.81. The molecule has 1 rings (SSSR count). The zero-order chi connectivity index (χ0) is 9.68. The molecule has 0 spiro atoms. The number of ether oxygens (including phenoxy) is 1. The summed E-state index contributed by atoms with van der Waals surface area (Å²) in [5.41, 5.74) is 0. The summed E-state index contributed by atoms with van der Waals surface area (Å²) in [6.07, 6.45) is 1.95. The van der Waals surface area contributed by atoms with Gasteiger partial charge in [-0.05, 0) is 18.8 Å². The van der Waals surface area contributed by atoms with E-state index in [0.29, 0.717) is 12.2 Å². The van der Waals surface area contributed by atoms with Gasteiger partial charge in [0.1, 0.15) is 6.10 Å². The van der Waals surface area contributed by atoms with E-state index in [0.717, 1.165) is 6.42 Å². The van der Waals surface area contributed by atoms with Crippen LogP contribution in [0.5, 0.6) is 0 Å². The quantitative estimate of drug-likeness (QED) is 0.382. The van der Waals surface area contributed by atoms with Crippen molar-refractivity contribution in [3.63, 3.8) is 0 Å². The summed E-state index contributed by atoms with van der Waals surface area (Å²) in [6, 6.07) is 0. The number of hydrogen-bond donors (Lipinski definition) is 1. The van der Waals surface area contributed by atoms with Crippen LogP contribution in [0.25, 0.3) is 0 Å². The maximum absolute atomic E-state index is 8.94. The molecule has 0 bridgehead atoms. The van der Waals surface area contributed by atoms with Crippen LogP contribution in [0.4, 0.5) is 0 Å². The van der Waals surface area contributed by atoms with E-state index < -0.39 is 6.10 Å². The first-order valence-corrected chi connectivity index (χ1v) is 4.18. The van der Waals surface area contributed by atoms with Crippen molar-refractivity contribution in [1.82, 2.24) is 0 Å². The van der Waals surface area contributed by atoms with E-state index in [1.807, 2.05) is 6.92 Å². The van der Waals surface area contributed by atoms with Crippen LogP contribution in [0, 0.1) is 23.7 Å². The highest BCUT2D eigenvalue weighted by Crippen LogP contribution is 2.23. The number of aliphatic hydroxyl groups is 1. The van der Waals surface area contributed by atoms with Crippen LogP contribution in [0.2, 0.25) is 0 Å². The predicted octanol–water partition coefficient (Wildman–Crippen LogP) is 0.718. The van der Waals surface area contributed by atoms with Crippen molar-refractivity contribution in [3.05, 3.63) is 12.7 Å². The van der Waals surface area contributed by atoms with Gasteiger partial charge in [0.15, 0.2) is 0 Å². The lowest BCUT2D eigenvalue weighted by molar-refractivity contribution is 0.281. The molecule has 1 saturated heterocycles. The molecule has 13 heavy (non-hydrogen) atoms.